The highest BCUT2D eigenvalue weighted by Crippen LogP contribution is 2.35. The first-order chi connectivity index (χ1) is 12.8. The molecule has 0 aliphatic rings. The Hall–Kier alpha value is -2.84. The number of hydrogen-bond acceptors (Lipinski definition) is 1. The van der Waals surface area contributed by atoms with Gasteiger partial charge in [-0.1, -0.05) is 76.6 Å². The van der Waals surface area contributed by atoms with Crippen molar-refractivity contribution < 1.29 is 0 Å². The predicted molar refractivity (Wildman–Crippen MR) is 114 cm³/mol. The minimum Gasteiger partial charge on any atom is -0.311 e. The van der Waals surface area contributed by atoms with Crippen molar-refractivity contribution in [3.63, 3.8) is 0 Å². The lowest BCUT2D eigenvalue weighted by atomic mass is 10.0. The Bertz CT molecular complexity index is 962. The molecule has 0 aliphatic heterocycles. The van der Waals surface area contributed by atoms with Gasteiger partial charge in [0.15, 0.2) is 0 Å². The van der Waals surface area contributed by atoms with E-state index in [0.717, 1.165) is 21.5 Å². The van der Waals surface area contributed by atoms with Crippen LogP contribution in [0.4, 0.5) is 17.1 Å². The lowest BCUT2D eigenvalue weighted by Gasteiger charge is -2.25. The van der Waals surface area contributed by atoms with E-state index in [1.807, 2.05) is 12.1 Å². The molecule has 0 N–H and O–H groups in total. The van der Waals surface area contributed by atoms with Gasteiger partial charge in [0.25, 0.3) is 0 Å². The molecule has 0 heterocycles. The first-order valence-electron chi connectivity index (χ1n) is 8.57. The first-order valence-corrected chi connectivity index (χ1v) is 9.37. The maximum absolute atomic E-state index is 3.52. The number of benzene rings is 4. The average molecular weight is 400 g/mol. The van der Waals surface area contributed by atoms with E-state index in [0.29, 0.717) is 0 Å². The van der Waals surface area contributed by atoms with Crippen molar-refractivity contribution in [3.05, 3.63) is 114 Å². The lowest BCUT2D eigenvalue weighted by molar-refractivity contribution is 1.28. The Kier molecular flexibility index (Phi) is 4.85. The highest BCUT2D eigenvalue weighted by molar-refractivity contribution is 9.10. The average Bonchev–Trinajstić information content (AvgIpc) is 2.72. The lowest BCUT2D eigenvalue weighted by Crippen LogP contribution is -2.09. The summed E-state index contributed by atoms with van der Waals surface area (Å²) in [5.41, 5.74) is 5.86. The highest BCUT2D eigenvalue weighted by atomic mass is 79.9. The van der Waals surface area contributed by atoms with Gasteiger partial charge in [-0.05, 0) is 59.7 Å². The summed E-state index contributed by atoms with van der Waals surface area (Å²) in [6.07, 6.45) is 0. The molecule has 0 spiro atoms. The fraction of sp³-hybridized carbons (Fsp3) is 0. The summed E-state index contributed by atoms with van der Waals surface area (Å²) in [7, 11) is 0. The largest absolute Gasteiger partial charge is 0.311 e. The summed E-state index contributed by atoms with van der Waals surface area (Å²) in [5.74, 6) is 0. The molecule has 0 aliphatic carbocycles. The molecular weight excluding hydrogens is 382 g/mol. The molecule has 0 fully saturated rings. The van der Waals surface area contributed by atoms with Crippen LogP contribution in [-0.4, -0.2) is 0 Å². The van der Waals surface area contributed by atoms with Crippen LogP contribution in [0, 0.1) is 0 Å². The normalized spacial score (nSPS) is 10.5. The molecule has 2 heteroatoms. The molecule has 0 bridgehead atoms. The summed E-state index contributed by atoms with van der Waals surface area (Å²) < 4.78 is 1.08. The smallest absolute Gasteiger partial charge is 0.0462 e. The number of para-hydroxylation sites is 1. The second kappa shape index (κ2) is 7.59. The predicted octanol–water partition coefficient (Wildman–Crippen LogP) is 7.59. The van der Waals surface area contributed by atoms with E-state index in [-0.39, 0.29) is 0 Å². The van der Waals surface area contributed by atoms with Gasteiger partial charge in [-0.2, -0.15) is 0 Å². The van der Waals surface area contributed by atoms with Gasteiger partial charge in [0.05, 0.1) is 0 Å². The summed E-state index contributed by atoms with van der Waals surface area (Å²) in [5, 5.41) is 0. The molecule has 0 atom stereocenters. The Morgan fingerprint density at radius 3 is 1.42 bits per heavy atom. The topological polar surface area (TPSA) is 3.24 Å². The van der Waals surface area contributed by atoms with E-state index >= 15 is 0 Å². The van der Waals surface area contributed by atoms with E-state index in [1.54, 1.807) is 0 Å². The van der Waals surface area contributed by atoms with E-state index in [4.69, 9.17) is 0 Å². The summed E-state index contributed by atoms with van der Waals surface area (Å²) in [6, 6.07) is 38.0. The van der Waals surface area contributed by atoms with Gasteiger partial charge < -0.3 is 4.90 Å². The van der Waals surface area contributed by atoms with Crippen LogP contribution < -0.4 is 4.90 Å². The van der Waals surface area contributed by atoms with E-state index in [9.17, 15) is 0 Å². The third kappa shape index (κ3) is 3.56. The van der Waals surface area contributed by atoms with Crippen LogP contribution in [0.25, 0.3) is 11.1 Å². The van der Waals surface area contributed by atoms with Crippen molar-refractivity contribution in [2.75, 3.05) is 4.90 Å². The monoisotopic (exact) mass is 399 g/mol. The Morgan fingerprint density at radius 1 is 0.423 bits per heavy atom. The second-order valence-electron chi connectivity index (χ2n) is 6.06. The fourth-order valence-electron chi connectivity index (χ4n) is 3.05. The zero-order chi connectivity index (χ0) is 17.8. The van der Waals surface area contributed by atoms with E-state index < -0.39 is 0 Å². The second-order valence-corrected chi connectivity index (χ2v) is 6.98. The molecule has 0 amide bonds. The van der Waals surface area contributed by atoms with E-state index in [1.165, 1.54) is 11.1 Å². The zero-order valence-corrected chi connectivity index (χ0v) is 15.8. The summed E-state index contributed by atoms with van der Waals surface area (Å²) in [6.45, 7) is 0. The van der Waals surface area contributed by atoms with Crippen molar-refractivity contribution in [3.8, 4) is 11.1 Å². The molecule has 0 saturated carbocycles. The Balaban J connectivity index is 1.76. The molecule has 0 unspecified atom stereocenters. The molecule has 4 rings (SSSR count). The number of nitrogens with zero attached hydrogens (tertiary/aromatic N) is 1. The third-order valence-electron chi connectivity index (χ3n) is 4.33. The minimum atomic E-state index is 1.08. The van der Waals surface area contributed by atoms with E-state index in [2.05, 4.69) is 118 Å². The fourth-order valence-corrected chi connectivity index (χ4v) is 3.31. The van der Waals surface area contributed by atoms with Crippen LogP contribution in [0.2, 0.25) is 0 Å². The van der Waals surface area contributed by atoms with Crippen molar-refractivity contribution in [2.24, 2.45) is 0 Å². The molecule has 0 saturated heterocycles. The minimum absolute atomic E-state index is 1.08. The van der Waals surface area contributed by atoms with Gasteiger partial charge in [0.1, 0.15) is 0 Å². The number of hydrogen-bond donors (Lipinski definition) is 0. The van der Waals surface area contributed by atoms with Gasteiger partial charge >= 0.3 is 0 Å². The van der Waals surface area contributed by atoms with Gasteiger partial charge in [-0.25, -0.2) is 0 Å². The van der Waals surface area contributed by atoms with Crippen LogP contribution in [0.3, 0.4) is 0 Å². The number of anilines is 3. The van der Waals surface area contributed by atoms with Crippen LogP contribution >= 0.6 is 15.9 Å². The van der Waals surface area contributed by atoms with Gasteiger partial charge in [0, 0.05) is 21.5 Å². The van der Waals surface area contributed by atoms with Gasteiger partial charge in [-0.15, -0.1) is 0 Å². The van der Waals surface area contributed by atoms with Crippen molar-refractivity contribution in [1.82, 2.24) is 0 Å². The molecule has 0 aromatic heterocycles. The van der Waals surface area contributed by atoms with Crippen molar-refractivity contribution in [1.29, 1.82) is 0 Å². The first kappa shape index (κ1) is 16.6. The summed E-state index contributed by atoms with van der Waals surface area (Å²) >= 11 is 3.52. The molecule has 0 radical (unpaired) electrons. The van der Waals surface area contributed by atoms with Gasteiger partial charge in [-0.3, -0.25) is 0 Å². The molecule has 4 aromatic carbocycles. The quantitative estimate of drug-likeness (QED) is 0.341. The molecule has 26 heavy (non-hydrogen) atoms. The summed E-state index contributed by atoms with van der Waals surface area (Å²) in [4.78, 5) is 2.27. The van der Waals surface area contributed by atoms with Crippen LogP contribution in [0.5, 0.6) is 0 Å². The Morgan fingerprint density at radius 2 is 0.846 bits per heavy atom. The van der Waals surface area contributed by atoms with Crippen molar-refractivity contribution in [2.45, 2.75) is 0 Å². The van der Waals surface area contributed by atoms with Crippen LogP contribution in [0.15, 0.2) is 114 Å². The van der Waals surface area contributed by atoms with Crippen LogP contribution in [-0.2, 0) is 0 Å². The SMILES string of the molecule is Brc1ccc(N(c2ccccc2)c2ccc(-c3ccccc3)cc2)cc1. The maximum atomic E-state index is 3.52. The van der Waals surface area contributed by atoms with Crippen LogP contribution in [0.1, 0.15) is 0 Å². The molecule has 4 aromatic rings. The third-order valence-corrected chi connectivity index (χ3v) is 4.86. The number of halogens is 1. The highest BCUT2D eigenvalue weighted by Gasteiger charge is 2.12. The van der Waals surface area contributed by atoms with Crippen molar-refractivity contribution >= 4 is 33.0 Å². The molecular formula is C24H18BrN. The molecule has 1 nitrogen and oxygen atoms in total. The standard InChI is InChI=1S/C24H18BrN/c25-21-13-17-24(18-14-21)26(22-9-5-2-6-10-22)23-15-11-20(12-16-23)19-7-3-1-4-8-19/h1-18H. The maximum Gasteiger partial charge on any atom is 0.0462 e. The molecule has 126 valence electrons. The Labute approximate surface area is 162 Å². The van der Waals surface area contributed by atoms with Gasteiger partial charge in [0.2, 0.25) is 0 Å². The number of rotatable bonds is 4. The zero-order valence-electron chi connectivity index (χ0n) is 14.2.